The lowest BCUT2D eigenvalue weighted by molar-refractivity contribution is 0.152. The van der Waals surface area contributed by atoms with Gasteiger partial charge >= 0.3 is 0 Å². The molecule has 0 saturated carbocycles. The summed E-state index contributed by atoms with van der Waals surface area (Å²) < 4.78 is 0. The number of rotatable bonds is 6. The van der Waals surface area contributed by atoms with Gasteiger partial charge in [-0.3, -0.25) is 4.90 Å². The van der Waals surface area contributed by atoms with Gasteiger partial charge < -0.3 is 15.1 Å². The van der Waals surface area contributed by atoms with Crippen molar-refractivity contribution in [1.29, 1.82) is 0 Å². The van der Waals surface area contributed by atoms with Crippen LogP contribution in [0.1, 0.15) is 40.8 Å². The second kappa shape index (κ2) is 12.9. The second-order valence-electron chi connectivity index (χ2n) is 13.5. The molecule has 2 heterocycles. The van der Waals surface area contributed by atoms with Crippen molar-refractivity contribution in [3.8, 4) is 11.1 Å². The van der Waals surface area contributed by atoms with Gasteiger partial charge in [-0.2, -0.15) is 0 Å². The van der Waals surface area contributed by atoms with Crippen molar-refractivity contribution < 1.29 is 0 Å². The van der Waals surface area contributed by atoms with Gasteiger partial charge in [0.15, 0.2) is 0 Å². The lowest BCUT2D eigenvalue weighted by Crippen LogP contribution is -2.45. The van der Waals surface area contributed by atoms with Gasteiger partial charge in [-0.15, -0.1) is 0 Å². The molecule has 1 N–H and O–H groups in total. The molecule has 0 radical (unpaired) electrons. The molecule has 0 saturated heterocycles. The second-order valence-corrected chi connectivity index (χ2v) is 13.5. The molecule has 3 unspecified atom stereocenters. The van der Waals surface area contributed by atoms with Crippen LogP contribution in [0.25, 0.3) is 21.9 Å². The Bertz CT molecular complexity index is 2340. The van der Waals surface area contributed by atoms with Gasteiger partial charge in [-0.05, 0) is 76.0 Å². The van der Waals surface area contributed by atoms with E-state index in [1.807, 2.05) is 6.07 Å². The van der Waals surface area contributed by atoms with Crippen molar-refractivity contribution in [3.05, 3.63) is 198 Å². The summed E-state index contributed by atoms with van der Waals surface area (Å²) in [7, 11) is 4.35. The smallest absolute Gasteiger partial charge is 0.132 e. The van der Waals surface area contributed by atoms with Crippen molar-refractivity contribution in [2.24, 2.45) is 4.99 Å². The molecule has 2 aliphatic heterocycles. The van der Waals surface area contributed by atoms with Crippen LogP contribution in [-0.2, 0) is 0 Å². The molecule has 2 aliphatic rings. The molecule has 0 spiro atoms. The number of amidine groups is 1. The SMILES string of the molecule is CN1c2ccccc2N(c2ccccc2)C1c1ccc(-c2ccc(C3NC(c4ccccc4)=NC(c4ccc5ccccc5c4)N3C)cc2)cc1. The van der Waals surface area contributed by atoms with Gasteiger partial charge in [0.1, 0.15) is 24.3 Å². The van der Waals surface area contributed by atoms with Crippen LogP contribution < -0.4 is 15.1 Å². The summed E-state index contributed by atoms with van der Waals surface area (Å²) in [6.07, 6.45) is -0.141. The minimum atomic E-state index is -0.140. The van der Waals surface area contributed by atoms with E-state index >= 15 is 0 Å². The average Bonchev–Trinajstić information content (AvgIpc) is 3.50. The van der Waals surface area contributed by atoms with Gasteiger partial charge in [0, 0.05) is 18.3 Å². The van der Waals surface area contributed by atoms with E-state index in [1.54, 1.807) is 0 Å². The highest BCUT2D eigenvalue weighted by atomic mass is 15.4. The third-order valence-electron chi connectivity index (χ3n) is 10.4. The Balaban J connectivity index is 1.01. The van der Waals surface area contributed by atoms with Gasteiger partial charge in [-0.1, -0.05) is 146 Å². The predicted octanol–water partition coefficient (Wildman–Crippen LogP) is 10.5. The third-order valence-corrected chi connectivity index (χ3v) is 10.4. The topological polar surface area (TPSA) is 34.1 Å². The predicted molar refractivity (Wildman–Crippen MR) is 211 cm³/mol. The molecule has 9 rings (SSSR count). The largest absolute Gasteiger partial charge is 0.350 e. The maximum Gasteiger partial charge on any atom is 0.132 e. The molecule has 7 aromatic carbocycles. The summed E-state index contributed by atoms with van der Waals surface area (Å²) in [5.74, 6) is 0.903. The fourth-order valence-corrected chi connectivity index (χ4v) is 7.72. The summed E-state index contributed by atoms with van der Waals surface area (Å²) in [6, 6.07) is 63.0. The van der Waals surface area contributed by atoms with E-state index in [0.29, 0.717) is 0 Å². The Kier molecular flexibility index (Phi) is 7.83. The maximum absolute atomic E-state index is 5.26. The lowest BCUT2D eigenvalue weighted by Gasteiger charge is -2.39. The van der Waals surface area contributed by atoms with E-state index in [0.717, 1.165) is 11.4 Å². The number of fused-ring (bicyclic) bond motifs is 2. The summed E-state index contributed by atoms with van der Waals surface area (Å²) >= 11 is 0. The number of benzene rings is 7. The molecule has 51 heavy (non-hydrogen) atoms. The Hall–Kier alpha value is -6.17. The summed E-state index contributed by atoms with van der Waals surface area (Å²) in [4.78, 5) is 12.4. The summed E-state index contributed by atoms with van der Waals surface area (Å²) in [5.41, 5.74) is 10.7. The molecule has 5 heteroatoms. The van der Waals surface area contributed by atoms with Crippen LogP contribution in [0.5, 0.6) is 0 Å². The first-order chi connectivity index (χ1) is 25.1. The monoisotopic (exact) mass is 661 g/mol. The third kappa shape index (κ3) is 5.62. The van der Waals surface area contributed by atoms with Crippen molar-refractivity contribution in [3.63, 3.8) is 0 Å². The van der Waals surface area contributed by atoms with Gasteiger partial charge in [0.25, 0.3) is 0 Å². The fraction of sp³-hybridized carbons (Fsp3) is 0.109. The lowest BCUT2D eigenvalue weighted by atomic mass is 9.99. The molecule has 7 aromatic rings. The number of nitrogens with one attached hydrogen (secondary N) is 1. The van der Waals surface area contributed by atoms with Crippen LogP contribution in [0.4, 0.5) is 17.1 Å². The van der Waals surface area contributed by atoms with Crippen LogP contribution in [-0.4, -0.2) is 24.8 Å². The molecular weight excluding hydrogens is 623 g/mol. The first kappa shape index (κ1) is 30.9. The highest BCUT2D eigenvalue weighted by molar-refractivity contribution is 5.99. The van der Waals surface area contributed by atoms with Crippen molar-refractivity contribution >= 4 is 33.7 Å². The van der Waals surface area contributed by atoms with Gasteiger partial charge in [0.2, 0.25) is 0 Å². The van der Waals surface area contributed by atoms with Gasteiger partial charge in [0.05, 0.1) is 11.4 Å². The van der Waals surface area contributed by atoms with Crippen LogP contribution in [0.3, 0.4) is 0 Å². The maximum atomic E-state index is 5.26. The quantitative estimate of drug-likeness (QED) is 0.192. The van der Waals surface area contributed by atoms with E-state index in [-0.39, 0.29) is 18.5 Å². The summed E-state index contributed by atoms with van der Waals surface area (Å²) in [5, 5.41) is 6.23. The molecule has 0 bridgehead atoms. The zero-order valence-electron chi connectivity index (χ0n) is 28.8. The zero-order chi connectivity index (χ0) is 34.3. The standard InChI is InChI=1S/C46H39N5/c1-49-41-19-11-12-20-42(41)51(40-17-7-4-8-18-40)46(49)37-28-23-34(24-29-37)33-21-26-36(27-22-33)44-47-43(35-14-5-3-6-15-35)48-45(50(44)2)39-30-25-32-13-9-10-16-38(32)31-39/h3-31,44-46H,1-2H3,(H,47,48). The van der Waals surface area contributed by atoms with E-state index < -0.39 is 0 Å². The zero-order valence-corrected chi connectivity index (χ0v) is 28.8. The Labute approximate surface area is 299 Å². The highest BCUT2D eigenvalue weighted by Crippen LogP contribution is 2.49. The van der Waals surface area contributed by atoms with Crippen LogP contribution in [0, 0.1) is 0 Å². The Morgan fingerprint density at radius 2 is 1.06 bits per heavy atom. The minimum Gasteiger partial charge on any atom is -0.350 e. The molecule has 3 atom stereocenters. The fourth-order valence-electron chi connectivity index (χ4n) is 7.72. The molecule has 0 fully saturated rings. The van der Waals surface area contributed by atoms with Gasteiger partial charge in [-0.25, -0.2) is 4.99 Å². The molecule has 0 amide bonds. The van der Waals surface area contributed by atoms with Crippen molar-refractivity contribution in [2.45, 2.75) is 18.5 Å². The first-order valence-electron chi connectivity index (χ1n) is 17.6. The first-order valence-corrected chi connectivity index (χ1v) is 17.6. The minimum absolute atomic E-state index is 0.0603. The van der Waals surface area contributed by atoms with Crippen LogP contribution in [0.15, 0.2) is 181 Å². The van der Waals surface area contributed by atoms with Crippen molar-refractivity contribution in [1.82, 2.24) is 10.2 Å². The molecule has 5 nitrogen and oxygen atoms in total. The van der Waals surface area contributed by atoms with E-state index in [4.69, 9.17) is 4.99 Å². The highest BCUT2D eigenvalue weighted by Gasteiger charge is 2.36. The van der Waals surface area contributed by atoms with E-state index in [9.17, 15) is 0 Å². The molecule has 0 aliphatic carbocycles. The number of nitrogens with zero attached hydrogens (tertiary/aromatic N) is 4. The number of aliphatic imine (C=N–C) groups is 1. The molecule has 0 aromatic heterocycles. The number of hydrogen-bond donors (Lipinski definition) is 1. The van der Waals surface area contributed by atoms with E-state index in [2.05, 4.69) is 204 Å². The van der Waals surface area contributed by atoms with Crippen LogP contribution >= 0.6 is 0 Å². The number of anilines is 3. The average molecular weight is 662 g/mol. The van der Waals surface area contributed by atoms with Crippen LogP contribution in [0.2, 0.25) is 0 Å². The number of hydrogen-bond acceptors (Lipinski definition) is 5. The van der Waals surface area contributed by atoms with Crippen molar-refractivity contribution in [2.75, 3.05) is 23.9 Å². The van der Waals surface area contributed by atoms with E-state index in [1.165, 1.54) is 55.7 Å². The summed E-state index contributed by atoms with van der Waals surface area (Å²) in [6.45, 7) is 0. The number of para-hydroxylation sites is 3. The molecule has 248 valence electrons. The molecular formula is C46H39N5. The Morgan fingerprint density at radius 1 is 0.490 bits per heavy atom. The normalized spacial score (nSPS) is 18.7. The Morgan fingerprint density at radius 3 is 1.76 bits per heavy atom.